The van der Waals surface area contributed by atoms with E-state index in [1.807, 2.05) is 12.2 Å². The molecule has 1 unspecified atom stereocenters. The lowest BCUT2D eigenvalue weighted by molar-refractivity contribution is 0.294. The van der Waals surface area contributed by atoms with Crippen molar-refractivity contribution in [1.29, 1.82) is 0 Å². The van der Waals surface area contributed by atoms with Crippen LogP contribution in [0.4, 0.5) is 0 Å². The first-order valence-electron chi connectivity index (χ1n) is 11.0. The molecule has 0 aromatic heterocycles. The average Bonchev–Trinajstić information content (AvgIpc) is 3.11. The number of hydrogen-bond acceptors (Lipinski definition) is 2. The highest BCUT2D eigenvalue weighted by Gasteiger charge is 2.27. The van der Waals surface area contributed by atoms with Gasteiger partial charge in [-0.3, -0.25) is 4.90 Å². The fraction of sp³-hybridized carbons (Fsp3) is 0.286. The van der Waals surface area contributed by atoms with Crippen LogP contribution in [0, 0.1) is 0 Å². The second kappa shape index (κ2) is 9.32. The van der Waals surface area contributed by atoms with E-state index in [9.17, 15) is 0 Å². The lowest BCUT2D eigenvalue weighted by Crippen LogP contribution is -2.28. The molecule has 1 atom stereocenters. The molecular formula is C28H32N2. The van der Waals surface area contributed by atoms with Crippen LogP contribution in [0.2, 0.25) is 0 Å². The van der Waals surface area contributed by atoms with Crippen molar-refractivity contribution in [2.24, 2.45) is 0 Å². The molecule has 30 heavy (non-hydrogen) atoms. The lowest BCUT2D eigenvalue weighted by atomic mass is 9.95. The smallest absolute Gasteiger partial charge is 0.0477 e. The number of rotatable bonds is 8. The van der Waals surface area contributed by atoms with E-state index in [0.717, 1.165) is 51.1 Å². The molecule has 0 bridgehead atoms. The maximum Gasteiger partial charge on any atom is 0.0477 e. The Morgan fingerprint density at radius 1 is 1.07 bits per heavy atom. The Bertz CT molecular complexity index is 954. The van der Waals surface area contributed by atoms with E-state index in [0.29, 0.717) is 6.04 Å². The molecule has 0 radical (unpaired) electrons. The van der Waals surface area contributed by atoms with Gasteiger partial charge in [0.15, 0.2) is 0 Å². The maximum atomic E-state index is 4.38. The first-order valence-corrected chi connectivity index (χ1v) is 11.0. The van der Waals surface area contributed by atoms with Gasteiger partial charge in [0, 0.05) is 43.5 Å². The van der Waals surface area contributed by atoms with E-state index in [1.54, 1.807) is 0 Å². The second-order valence-electron chi connectivity index (χ2n) is 8.32. The molecule has 0 N–H and O–H groups in total. The topological polar surface area (TPSA) is 6.48 Å². The molecule has 4 rings (SSSR count). The van der Waals surface area contributed by atoms with Crippen molar-refractivity contribution in [3.05, 3.63) is 109 Å². The van der Waals surface area contributed by atoms with Gasteiger partial charge in [0.05, 0.1) is 0 Å². The van der Waals surface area contributed by atoms with Crippen molar-refractivity contribution in [2.75, 3.05) is 13.1 Å². The van der Waals surface area contributed by atoms with Gasteiger partial charge in [0.1, 0.15) is 0 Å². The van der Waals surface area contributed by atoms with Crippen LogP contribution in [0.3, 0.4) is 0 Å². The zero-order valence-electron chi connectivity index (χ0n) is 17.9. The average molecular weight is 397 g/mol. The van der Waals surface area contributed by atoms with Crippen LogP contribution in [-0.4, -0.2) is 28.9 Å². The minimum Gasteiger partial charge on any atom is -0.361 e. The van der Waals surface area contributed by atoms with Crippen molar-refractivity contribution in [1.82, 2.24) is 9.80 Å². The predicted molar refractivity (Wildman–Crippen MR) is 129 cm³/mol. The highest BCUT2D eigenvalue weighted by molar-refractivity contribution is 5.74. The third kappa shape index (κ3) is 4.34. The second-order valence-corrected chi connectivity index (χ2v) is 8.32. The van der Waals surface area contributed by atoms with Crippen LogP contribution in [0.1, 0.15) is 41.5 Å². The monoisotopic (exact) mass is 396 g/mol. The number of fused-ring (bicyclic) bond motifs is 1. The third-order valence-corrected chi connectivity index (χ3v) is 6.36. The summed E-state index contributed by atoms with van der Waals surface area (Å²) in [4.78, 5) is 4.91. The summed E-state index contributed by atoms with van der Waals surface area (Å²) in [5.41, 5.74) is 8.01. The van der Waals surface area contributed by atoms with E-state index in [4.69, 9.17) is 0 Å². The molecule has 0 fully saturated rings. The van der Waals surface area contributed by atoms with E-state index in [1.165, 1.54) is 27.8 Å². The lowest BCUT2D eigenvalue weighted by Gasteiger charge is -2.27. The van der Waals surface area contributed by atoms with Crippen LogP contribution in [0.15, 0.2) is 86.5 Å². The Labute approximate surface area is 181 Å². The van der Waals surface area contributed by atoms with E-state index < -0.39 is 0 Å². The van der Waals surface area contributed by atoms with Crippen LogP contribution >= 0.6 is 0 Å². The molecule has 2 aliphatic heterocycles. The van der Waals surface area contributed by atoms with Crippen molar-refractivity contribution in [3.63, 3.8) is 0 Å². The summed E-state index contributed by atoms with van der Waals surface area (Å²) >= 11 is 0. The standard InChI is InChI=1S/C28H32N2/c1-4-6-12-27(5-2)30-21-26-19-25(13-14-28(26)22(30)3)24-15-17-29(18-16-24)20-23-10-8-7-9-11-23/h4-5,7-11,13-15,19,27H,1-3,6,12,16-18,20-21H2. The molecule has 154 valence electrons. The normalized spacial score (nSPS) is 17.4. The summed E-state index contributed by atoms with van der Waals surface area (Å²) in [7, 11) is 0. The minimum absolute atomic E-state index is 0.312. The largest absolute Gasteiger partial charge is 0.361 e. The van der Waals surface area contributed by atoms with Crippen LogP contribution in [-0.2, 0) is 13.1 Å². The summed E-state index contributed by atoms with van der Waals surface area (Å²) in [6, 6.07) is 18.0. The molecule has 0 amide bonds. The first-order chi connectivity index (χ1) is 14.7. The van der Waals surface area contributed by atoms with Gasteiger partial charge in [-0.05, 0) is 47.6 Å². The molecule has 2 heterocycles. The molecule has 2 aromatic carbocycles. The van der Waals surface area contributed by atoms with E-state index in [2.05, 4.69) is 84.1 Å². The Morgan fingerprint density at radius 2 is 1.90 bits per heavy atom. The van der Waals surface area contributed by atoms with Crippen molar-refractivity contribution in [3.8, 4) is 0 Å². The van der Waals surface area contributed by atoms with Gasteiger partial charge in [-0.25, -0.2) is 0 Å². The maximum absolute atomic E-state index is 4.38. The first kappa shape index (κ1) is 20.4. The number of nitrogens with zero attached hydrogens (tertiary/aromatic N) is 2. The van der Waals surface area contributed by atoms with Gasteiger partial charge < -0.3 is 4.90 Å². The Hall–Kier alpha value is -2.84. The van der Waals surface area contributed by atoms with Gasteiger partial charge in [-0.1, -0.05) is 67.3 Å². The molecule has 0 saturated heterocycles. The highest BCUT2D eigenvalue weighted by Crippen LogP contribution is 2.36. The summed E-state index contributed by atoms with van der Waals surface area (Å²) < 4.78 is 0. The SMILES string of the molecule is C=CCCC(C=C)N1Cc2cc(C3=CCN(Cc4ccccc4)CC3)ccc2C1=C. The quantitative estimate of drug-likeness (QED) is 0.484. The number of hydrogen-bond donors (Lipinski definition) is 0. The summed E-state index contributed by atoms with van der Waals surface area (Å²) in [6.45, 7) is 16.4. The van der Waals surface area contributed by atoms with Crippen LogP contribution in [0.25, 0.3) is 11.3 Å². The highest BCUT2D eigenvalue weighted by atomic mass is 15.2. The molecule has 0 aliphatic carbocycles. The summed E-state index contributed by atoms with van der Waals surface area (Å²) in [5.74, 6) is 0. The van der Waals surface area contributed by atoms with Gasteiger partial charge in [0.25, 0.3) is 0 Å². The molecule has 0 spiro atoms. The minimum atomic E-state index is 0.312. The van der Waals surface area contributed by atoms with Gasteiger partial charge >= 0.3 is 0 Å². The molecular weight excluding hydrogens is 364 g/mol. The van der Waals surface area contributed by atoms with Gasteiger partial charge in [-0.15, -0.1) is 13.2 Å². The summed E-state index contributed by atoms with van der Waals surface area (Å²) in [6.07, 6.45) is 9.57. The predicted octanol–water partition coefficient (Wildman–Crippen LogP) is 6.28. The zero-order chi connectivity index (χ0) is 20.9. The van der Waals surface area contributed by atoms with Gasteiger partial charge in [-0.2, -0.15) is 0 Å². The Balaban J connectivity index is 1.44. The number of benzene rings is 2. The molecule has 2 aliphatic rings. The van der Waals surface area contributed by atoms with Gasteiger partial charge in [0.2, 0.25) is 0 Å². The van der Waals surface area contributed by atoms with Crippen molar-refractivity contribution in [2.45, 2.75) is 38.4 Å². The van der Waals surface area contributed by atoms with Crippen molar-refractivity contribution >= 4 is 11.3 Å². The van der Waals surface area contributed by atoms with Crippen LogP contribution in [0.5, 0.6) is 0 Å². The Kier molecular flexibility index (Phi) is 6.35. The van der Waals surface area contributed by atoms with Crippen molar-refractivity contribution < 1.29 is 0 Å². The third-order valence-electron chi connectivity index (χ3n) is 6.36. The molecule has 2 heteroatoms. The molecule has 0 saturated carbocycles. The van der Waals surface area contributed by atoms with E-state index in [-0.39, 0.29) is 0 Å². The number of allylic oxidation sites excluding steroid dienone is 1. The fourth-order valence-corrected chi connectivity index (χ4v) is 4.61. The fourth-order valence-electron chi connectivity index (χ4n) is 4.61. The van der Waals surface area contributed by atoms with E-state index >= 15 is 0 Å². The molecule has 2 nitrogen and oxygen atoms in total. The molecule has 2 aromatic rings. The summed E-state index contributed by atoms with van der Waals surface area (Å²) in [5, 5.41) is 0. The Morgan fingerprint density at radius 3 is 2.60 bits per heavy atom. The van der Waals surface area contributed by atoms with Crippen LogP contribution < -0.4 is 0 Å². The zero-order valence-corrected chi connectivity index (χ0v) is 17.9.